The van der Waals surface area contributed by atoms with Gasteiger partial charge in [-0.25, -0.2) is 0 Å². The molecule has 1 aromatic rings. The Kier molecular flexibility index (Phi) is 4.38. The van der Waals surface area contributed by atoms with Gasteiger partial charge in [0.2, 0.25) is 0 Å². The summed E-state index contributed by atoms with van der Waals surface area (Å²) in [6.07, 6.45) is 0. The topological polar surface area (TPSA) is 67.2 Å². The van der Waals surface area contributed by atoms with Crippen LogP contribution in [0.5, 0.6) is 17.2 Å². The van der Waals surface area contributed by atoms with Gasteiger partial charge in [0.1, 0.15) is 4.32 Å². The van der Waals surface area contributed by atoms with Gasteiger partial charge in [-0.2, -0.15) is 0 Å². The van der Waals surface area contributed by atoms with Gasteiger partial charge >= 0.3 is 0 Å². The van der Waals surface area contributed by atoms with Crippen molar-refractivity contribution in [2.75, 3.05) is 26.2 Å². The average Bonchev–Trinajstić information content (AvgIpc) is 2.36. The lowest BCUT2D eigenvalue weighted by molar-refractivity contribution is 0.178. The molecular weight excluding hydrogens is 284 g/mol. The van der Waals surface area contributed by atoms with E-state index in [0.29, 0.717) is 10.9 Å². The maximum atomic E-state index is 9.46. The summed E-state index contributed by atoms with van der Waals surface area (Å²) < 4.78 is 0.611. The highest BCUT2D eigenvalue weighted by atomic mass is 32.1. The lowest BCUT2D eigenvalue weighted by Crippen LogP contribution is -2.46. The van der Waals surface area contributed by atoms with Crippen molar-refractivity contribution in [2.45, 2.75) is 6.54 Å². The summed E-state index contributed by atoms with van der Waals surface area (Å²) in [5.74, 6) is -1.08. The summed E-state index contributed by atoms with van der Waals surface area (Å²) in [4.78, 5) is 4.22. The van der Waals surface area contributed by atoms with E-state index in [1.165, 1.54) is 12.1 Å². The molecule has 0 radical (unpaired) electrons. The molecule has 1 aliphatic heterocycles. The Labute approximate surface area is 122 Å². The van der Waals surface area contributed by atoms with E-state index in [2.05, 4.69) is 17.5 Å². The molecule has 5 nitrogen and oxygen atoms in total. The number of phenolic OH excluding ortho intramolecular Hbond substituents is 3. The van der Waals surface area contributed by atoms with Crippen LogP contribution in [0.3, 0.4) is 0 Å². The lowest BCUT2D eigenvalue weighted by atomic mass is 10.1. The first-order valence-electron chi connectivity index (χ1n) is 5.91. The van der Waals surface area contributed by atoms with E-state index in [9.17, 15) is 15.3 Å². The largest absolute Gasteiger partial charge is 0.504 e. The summed E-state index contributed by atoms with van der Waals surface area (Å²) in [7, 11) is 0. The zero-order valence-corrected chi connectivity index (χ0v) is 12.0. The van der Waals surface area contributed by atoms with Gasteiger partial charge in [0.05, 0.1) is 0 Å². The fraction of sp³-hybridized carbons (Fsp3) is 0.417. The van der Waals surface area contributed by atoms with E-state index in [1.54, 1.807) is 0 Å². The molecule has 0 bridgehead atoms. The van der Waals surface area contributed by atoms with Gasteiger partial charge < -0.3 is 20.2 Å². The van der Waals surface area contributed by atoms with Crippen molar-refractivity contribution in [1.82, 2.24) is 9.80 Å². The molecule has 1 aliphatic rings. The molecule has 104 valence electrons. The van der Waals surface area contributed by atoms with E-state index in [-0.39, 0.29) is 11.5 Å². The molecule has 1 fully saturated rings. The third-order valence-electron chi connectivity index (χ3n) is 3.18. The lowest BCUT2D eigenvalue weighted by Gasteiger charge is -2.35. The molecule has 7 heteroatoms. The van der Waals surface area contributed by atoms with Crippen LogP contribution in [0, 0.1) is 0 Å². The van der Waals surface area contributed by atoms with E-state index in [1.807, 2.05) is 4.90 Å². The predicted octanol–water partition coefficient (Wildman–Crippen LogP) is 1.14. The monoisotopic (exact) mass is 300 g/mol. The summed E-state index contributed by atoms with van der Waals surface area (Å²) in [5, 5.41) is 28.2. The van der Waals surface area contributed by atoms with Crippen LogP contribution in [0.1, 0.15) is 5.56 Å². The van der Waals surface area contributed by atoms with Crippen LogP contribution in [-0.4, -0.2) is 55.6 Å². The van der Waals surface area contributed by atoms with Crippen LogP contribution in [0.4, 0.5) is 0 Å². The van der Waals surface area contributed by atoms with Gasteiger partial charge in [0, 0.05) is 32.7 Å². The molecule has 0 aliphatic carbocycles. The van der Waals surface area contributed by atoms with Crippen molar-refractivity contribution in [3.8, 4) is 17.2 Å². The Morgan fingerprint density at radius 1 is 1.11 bits per heavy atom. The number of piperazine rings is 1. The summed E-state index contributed by atoms with van der Waals surface area (Å²) in [6.45, 7) is 3.91. The van der Waals surface area contributed by atoms with Gasteiger partial charge in [0.25, 0.3) is 0 Å². The fourth-order valence-corrected chi connectivity index (χ4v) is 2.49. The smallest absolute Gasteiger partial charge is 0.200 e. The average molecular weight is 300 g/mol. The summed E-state index contributed by atoms with van der Waals surface area (Å²) >= 11 is 9.16. The van der Waals surface area contributed by atoms with Gasteiger partial charge in [0.15, 0.2) is 17.2 Å². The summed E-state index contributed by atoms with van der Waals surface area (Å²) in [5.41, 5.74) is 0.759. The molecule has 1 heterocycles. The number of hydrogen-bond donors (Lipinski definition) is 4. The predicted molar refractivity (Wildman–Crippen MR) is 79.9 cm³/mol. The quantitative estimate of drug-likeness (QED) is 0.373. The summed E-state index contributed by atoms with van der Waals surface area (Å²) in [6, 6.07) is 2.93. The molecular formula is C12H16N2O3S2. The molecule has 0 amide bonds. The molecule has 2 rings (SSSR count). The third kappa shape index (κ3) is 3.43. The molecule has 0 aromatic heterocycles. The number of hydrogen-bond acceptors (Lipinski definition) is 5. The minimum atomic E-state index is -0.478. The molecule has 19 heavy (non-hydrogen) atoms. The van der Waals surface area contributed by atoms with Crippen LogP contribution < -0.4 is 0 Å². The van der Waals surface area contributed by atoms with E-state index >= 15 is 0 Å². The van der Waals surface area contributed by atoms with Crippen molar-refractivity contribution in [3.05, 3.63) is 17.7 Å². The van der Waals surface area contributed by atoms with Crippen molar-refractivity contribution in [3.63, 3.8) is 0 Å². The van der Waals surface area contributed by atoms with Crippen LogP contribution in [0.2, 0.25) is 0 Å². The van der Waals surface area contributed by atoms with Gasteiger partial charge in [-0.15, -0.1) is 12.6 Å². The van der Waals surface area contributed by atoms with Crippen molar-refractivity contribution in [1.29, 1.82) is 0 Å². The van der Waals surface area contributed by atoms with Crippen LogP contribution >= 0.6 is 24.8 Å². The molecule has 0 atom stereocenters. The number of thiol groups is 1. The Morgan fingerprint density at radius 2 is 1.63 bits per heavy atom. The van der Waals surface area contributed by atoms with E-state index in [4.69, 9.17) is 12.2 Å². The molecule has 0 spiro atoms. The minimum Gasteiger partial charge on any atom is -0.504 e. The standard InChI is InChI=1S/C12H16N2O3S2/c15-9-5-8(6-10(16)11(9)17)7-13-1-3-14(4-2-13)12(18)19/h5-6,15-17H,1-4,7H2,(H,18,19). The molecule has 3 N–H and O–H groups in total. The first kappa shape index (κ1) is 14.2. The normalized spacial score (nSPS) is 16.6. The van der Waals surface area contributed by atoms with E-state index < -0.39 is 5.75 Å². The highest BCUT2D eigenvalue weighted by Crippen LogP contribution is 2.35. The maximum Gasteiger partial charge on any atom is 0.200 e. The highest BCUT2D eigenvalue weighted by molar-refractivity contribution is 8.10. The van der Waals surface area contributed by atoms with Gasteiger partial charge in [-0.1, -0.05) is 12.2 Å². The zero-order chi connectivity index (χ0) is 14.0. The second-order valence-corrected chi connectivity index (χ2v) is 5.64. The van der Waals surface area contributed by atoms with Crippen LogP contribution in [-0.2, 0) is 6.54 Å². The number of aromatic hydroxyl groups is 3. The number of benzene rings is 1. The molecule has 0 unspecified atom stereocenters. The number of rotatable bonds is 2. The Balaban J connectivity index is 1.98. The van der Waals surface area contributed by atoms with Crippen LogP contribution in [0.15, 0.2) is 12.1 Å². The zero-order valence-electron chi connectivity index (χ0n) is 10.3. The third-order valence-corrected chi connectivity index (χ3v) is 3.72. The Hall–Kier alpha value is -1.18. The number of nitrogens with zero attached hydrogens (tertiary/aromatic N) is 2. The second kappa shape index (κ2) is 5.85. The number of phenols is 3. The SMILES string of the molecule is Oc1cc(CN2CCN(C(=S)S)CC2)cc(O)c1O. The van der Waals surface area contributed by atoms with Crippen molar-refractivity contribution < 1.29 is 15.3 Å². The van der Waals surface area contributed by atoms with Crippen molar-refractivity contribution in [2.24, 2.45) is 0 Å². The van der Waals surface area contributed by atoms with Gasteiger partial charge in [-0.05, 0) is 17.7 Å². The van der Waals surface area contributed by atoms with Gasteiger partial charge in [-0.3, -0.25) is 4.90 Å². The second-order valence-electron chi connectivity index (χ2n) is 4.53. The maximum absolute atomic E-state index is 9.46. The number of thiocarbonyl (C=S) groups is 1. The highest BCUT2D eigenvalue weighted by Gasteiger charge is 2.18. The molecule has 1 aromatic carbocycles. The molecule has 1 saturated heterocycles. The minimum absolute atomic E-state index is 0.301. The first-order chi connectivity index (χ1) is 8.97. The van der Waals surface area contributed by atoms with E-state index in [0.717, 1.165) is 31.7 Å². The van der Waals surface area contributed by atoms with Crippen LogP contribution in [0.25, 0.3) is 0 Å². The Bertz CT molecular complexity index is 465. The fourth-order valence-electron chi connectivity index (χ4n) is 2.11. The first-order valence-corrected chi connectivity index (χ1v) is 6.77. The molecule has 0 saturated carbocycles. The van der Waals surface area contributed by atoms with Crippen molar-refractivity contribution >= 4 is 29.2 Å². The Morgan fingerprint density at radius 3 is 2.11 bits per heavy atom.